The molecule has 0 N–H and O–H groups in total. The van der Waals surface area contributed by atoms with Crippen molar-refractivity contribution in [3.8, 4) is 11.4 Å². The highest BCUT2D eigenvalue weighted by atomic mass is 35.5. The molecule has 1 atom stereocenters. The van der Waals surface area contributed by atoms with Gasteiger partial charge in [0.25, 0.3) is 5.89 Å². The molecule has 30 heavy (non-hydrogen) atoms. The molecule has 1 heterocycles. The first-order valence-corrected chi connectivity index (χ1v) is 10.6. The van der Waals surface area contributed by atoms with Crippen molar-refractivity contribution in [2.45, 2.75) is 31.7 Å². The second-order valence-corrected chi connectivity index (χ2v) is 8.50. The predicted octanol–water partition coefficient (Wildman–Crippen LogP) is 6.41. The summed E-state index contributed by atoms with van der Waals surface area (Å²) in [5.41, 5.74) is 3.33. The van der Waals surface area contributed by atoms with Gasteiger partial charge in [0.05, 0.1) is 0 Å². The van der Waals surface area contributed by atoms with Crippen LogP contribution in [-0.4, -0.2) is 29.1 Å². The molecule has 1 saturated carbocycles. The molecule has 2 aromatic carbocycles. The summed E-state index contributed by atoms with van der Waals surface area (Å²) in [5.74, 6) is 1.40. The zero-order valence-corrected chi connectivity index (χ0v) is 17.9. The van der Waals surface area contributed by atoms with Crippen LogP contribution in [0.4, 0.5) is 4.39 Å². The van der Waals surface area contributed by atoms with Crippen LogP contribution in [0.1, 0.15) is 43.2 Å². The Morgan fingerprint density at radius 2 is 1.87 bits per heavy atom. The predicted molar refractivity (Wildman–Crippen MR) is 118 cm³/mol. The molecule has 156 valence electrons. The van der Waals surface area contributed by atoms with Crippen molar-refractivity contribution in [2.24, 2.45) is 5.92 Å². The zero-order valence-electron chi connectivity index (χ0n) is 17.2. The van der Waals surface area contributed by atoms with E-state index in [0.29, 0.717) is 22.7 Å². The van der Waals surface area contributed by atoms with Crippen LogP contribution in [0, 0.1) is 11.7 Å². The van der Waals surface area contributed by atoms with E-state index in [4.69, 9.17) is 16.1 Å². The number of hydrogen-bond acceptors (Lipinski definition) is 4. The Hall–Kier alpha value is -2.50. The lowest BCUT2D eigenvalue weighted by Gasteiger charge is -2.36. The molecule has 0 bridgehead atoms. The Morgan fingerprint density at radius 3 is 2.53 bits per heavy atom. The van der Waals surface area contributed by atoms with Crippen LogP contribution < -0.4 is 0 Å². The Balaban J connectivity index is 1.44. The van der Waals surface area contributed by atoms with E-state index in [1.54, 1.807) is 12.1 Å². The van der Waals surface area contributed by atoms with Crippen LogP contribution in [0.15, 0.2) is 58.6 Å². The topological polar surface area (TPSA) is 42.2 Å². The van der Waals surface area contributed by atoms with Crippen LogP contribution in [-0.2, 0) is 0 Å². The lowest BCUT2D eigenvalue weighted by molar-refractivity contribution is 0.183. The normalized spacial score (nSPS) is 17.9. The maximum absolute atomic E-state index is 13.3. The fourth-order valence-electron chi connectivity index (χ4n) is 4.34. The maximum atomic E-state index is 13.3. The van der Waals surface area contributed by atoms with E-state index in [0.717, 1.165) is 31.2 Å². The van der Waals surface area contributed by atoms with E-state index in [1.807, 2.05) is 42.5 Å². The summed E-state index contributed by atoms with van der Waals surface area (Å²) in [7, 11) is 4.18. The molecule has 6 heteroatoms. The SMILES string of the molecule is CN(C)C(c1ccc(F)cc1)C1CCC(=Cc2nc(-c3cccc(Cl)c3)no2)CC1. The molecule has 0 spiro atoms. The summed E-state index contributed by atoms with van der Waals surface area (Å²) < 4.78 is 18.8. The van der Waals surface area contributed by atoms with Crippen molar-refractivity contribution in [3.05, 3.63) is 76.4 Å². The molecule has 0 saturated heterocycles. The second kappa shape index (κ2) is 9.11. The molecule has 0 amide bonds. The van der Waals surface area contributed by atoms with Crippen molar-refractivity contribution < 1.29 is 8.91 Å². The summed E-state index contributed by atoms with van der Waals surface area (Å²) in [6.07, 6.45) is 6.14. The fraction of sp³-hybridized carbons (Fsp3) is 0.333. The van der Waals surface area contributed by atoms with Gasteiger partial charge in [0.2, 0.25) is 5.82 Å². The molecule has 4 nitrogen and oxygen atoms in total. The number of allylic oxidation sites excluding steroid dienone is 1. The van der Waals surface area contributed by atoms with Gasteiger partial charge in [0.1, 0.15) is 5.82 Å². The van der Waals surface area contributed by atoms with Crippen LogP contribution in [0.25, 0.3) is 17.5 Å². The smallest absolute Gasteiger partial charge is 0.250 e. The highest BCUT2D eigenvalue weighted by molar-refractivity contribution is 6.30. The van der Waals surface area contributed by atoms with Crippen molar-refractivity contribution in [2.75, 3.05) is 14.1 Å². The molecule has 0 aliphatic heterocycles. The highest BCUT2D eigenvalue weighted by Gasteiger charge is 2.28. The van der Waals surface area contributed by atoms with Gasteiger partial charge < -0.3 is 9.42 Å². The van der Waals surface area contributed by atoms with Gasteiger partial charge >= 0.3 is 0 Å². The first-order chi connectivity index (χ1) is 14.5. The van der Waals surface area contributed by atoms with E-state index in [1.165, 1.54) is 11.1 Å². The maximum Gasteiger partial charge on any atom is 0.250 e. The molecule has 4 rings (SSSR count). The lowest BCUT2D eigenvalue weighted by Crippen LogP contribution is -2.29. The Bertz CT molecular complexity index is 1020. The Morgan fingerprint density at radius 1 is 1.13 bits per heavy atom. The van der Waals surface area contributed by atoms with E-state index in [9.17, 15) is 4.39 Å². The van der Waals surface area contributed by atoms with Gasteiger partial charge in [0, 0.05) is 22.7 Å². The molecular formula is C24H25ClFN3O. The van der Waals surface area contributed by atoms with Crippen LogP contribution in [0.3, 0.4) is 0 Å². The number of halogens is 2. The zero-order chi connectivity index (χ0) is 21.1. The third kappa shape index (κ3) is 4.79. The number of rotatable bonds is 5. The summed E-state index contributed by atoms with van der Waals surface area (Å²) in [6, 6.07) is 14.6. The molecule has 1 fully saturated rings. The van der Waals surface area contributed by atoms with Crippen molar-refractivity contribution in [1.82, 2.24) is 15.0 Å². The van der Waals surface area contributed by atoms with Crippen molar-refractivity contribution >= 4 is 17.7 Å². The largest absolute Gasteiger partial charge is 0.334 e. The van der Waals surface area contributed by atoms with Crippen molar-refractivity contribution in [1.29, 1.82) is 0 Å². The third-order valence-corrected chi connectivity index (χ3v) is 5.97. The third-order valence-electron chi connectivity index (χ3n) is 5.74. The summed E-state index contributed by atoms with van der Waals surface area (Å²) in [6.45, 7) is 0. The lowest BCUT2D eigenvalue weighted by atomic mass is 9.78. The van der Waals surface area contributed by atoms with Crippen molar-refractivity contribution in [3.63, 3.8) is 0 Å². The number of aromatic nitrogens is 2. The average molecular weight is 426 g/mol. The molecular weight excluding hydrogens is 401 g/mol. The highest BCUT2D eigenvalue weighted by Crippen LogP contribution is 2.39. The molecule has 3 aromatic rings. The minimum Gasteiger partial charge on any atom is -0.334 e. The first kappa shape index (κ1) is 20.8. The summed E-state index contributed by atoms with van der Waals surface area (Å²) in [4.78, 5) is 6.74. The monoisotopic (exact) mass is 425 g/mol. The summed E-state index contributed by atoms with van der Waals surface area (Å²) in [5, 5.41) is 4.73. The first-order valence-electron chi connectivity index (χ1n) is 10.2. The number of hydrogen-bond donors (Lipinski definition) is 0. The van der Waals surface area contributed by atoms with Gasteiger partial charge in [0.15, 0.2) is 0 Å². The van der Waals surface area contributed by atoms with Crippen LogP contribution >= 0.6 is 11.6 Å². The fourth-order valence-corrected chi connectivity index (χ4v) is 4.53. The van der Waals surface area contributed by atoms with Gasteiger partial charge in [-0.15, -0.1) is 0 Å². The molecule has 1 aliphatic carbocycles. The summed E-state index contributed by atoms with van der Waals surface area (Å²) >= 11 is 6.05. The second-order valence-electron chi connectivity index (χ2n) is 8.07. The van der Waals surface area contributed by atoms with E-state index in [-0.39, 0.29) is 11.9 Å². The minimum absolute atomic E-state index is 0.193. The molecule has 0 radical (unpaired) electrons. The Labute approximate surface area is 181 Å². The standard InChI is InChI=1S/C24H25ClFN3O/c1-29(2)23(18-10-12-21(26)13-11-18)17-8-6-16(7-9-17)14-22-27-24(28-30-22)19-4-3-5-20(25)15-19/h3-5,10-15,17,23H,6-9H2,1-2H3. The minimum atomic E-state index is -0.193. The van der Waals surface area contributed by atoms with Crippen LogP contribution in [0.2, 0.25) is 5.02 Å². The molecule has 1 aromatic heterocycles. The van der Waals surface area contributed by atoms with E-state index in [2.05, 4.69) is 29.1 Å². The van der Waals surface area contributed by atoms with Gasteiger partial charge in [-0.2, -0.15) is 4.98 Å². The quantitative estimate of drug-likeness (QED) is 0.474. The van der Waals surface area contributed by atoms with Gasteiger partial charge in [-0.05, 0) is 75.5 Å². The van der Waals surface area contributed by atoms with Gasteiger partial charge in [-0.1, -0.05) is 46.6 Å². The average Bonchev–Trinajstić information content (AvgIpc) is 3.19. The number of benzene rings is 2. The van der Waals surface area contributed by atoms with Gasteiger partial charge in [-0.3, -0.25) is 0 Å². The number of nitrogens with zero attached hydrogens (tertiary/aromatic N) is 3. The Kier molecular flexibility index (Phi) is 6.30. The van der Waals surface area contributed by atoms with Gasteiger partial charge in [-0.25, -0.2) is 4.39 Å². The molecule has 1 unspecified atom stereocenters. The van der Waals surface area contributed by atoms with E-state index < -0.39 is 0 Å². The van der Waals surface area contributed by atoms with Crippen LogP contribution in [0.5, 0.6) is 0 Å². The van der Waals surface area contributed by atoms with E-state index >= 15 is 0 Å². The molecule has 1 aliphatic rings.